The Morgan fingerprint density at radius 1 is 0.455 bits per heavy atom. The van der Waals surface area contributed by atoms with Crippen molar-refractivity contribution in [3.63, 3.8) is 0 Å². The van der Waals surface area contributed by atoms with E-state index in [1.54, 1.807) is 0 Å². The van der Waals surface area contributed by atoms with E-state index >= 15 is 0 Å². The van der Waals surface area contributed by atoms with Gasteiger partial charge in [0.25, 0.3) is 0 Å². The molecule has 0 saturated heterocycles. The van der Waals surface area contributed by atoms with Crippen LogP contribution in [0, 0.1) is 0 Å². The number of nitrogens with zero attached hydrogens (tertiary/aromatic N) is 3. The molecule has 0 amide bonds. The van der Waals surface area contributed by atoms with Gasteiger partial charge in [0.05, 0.1) is 22.4 Å². The number of hydrogen-bond acceptors (Lipinski definition) is 3. The average Bonchev–Trinajstić information content (AvgIpc) is 3.65. The number of aromatic nitrogens is 3. The first-order chi connectivity index (χ1) is 21.8. The van der Waals surface area contributed by atoms with Crippen LogP contribution in [-0.4, -0.2) is 14.5 Å². The number of rotatable bonds is 4. The predicted octanol–water partition coefficient (Wildman–Crippen LogP) is 10.9. The highest BCUT2D eigenvalue weighted by molar-refractivity contribution is 7.26. The molecule has 3 heterocycles. The van der Waals surface area contributed by atoms with E-state index in [9.17, 15) is 0 Å². The van der Waals surface area contributed by atoms with Crippen LogP contribution in [0.25, 0.3) is 81.6 Å². The Labute approximate surface area is 258 Å². The standard InChI is InChI=1S/C40H25N3S/c1-2-12-26(13-3-1)40-41-34(25-35(42-40)33-20-11-19-32-31-18-6-9-23-38(31)44-39(32)33)27-14-10-15-28(24-27)43-36-21-7-4-16-29(36)30-17-5-8-22-37(30)43/h1-25H. The second-order valence-electron chi connectivity index (χ2n) is 11.0. The zero-order valence-electron chi connectivity index (χ0n) is 23.7. The maximum absolute atomic E-state index is 5.16. The molecule has 4 heteroatoms. The van der Waals surface area contributed by atoms with Crippen molar-refractivity contribution in [3.8, 4) is 39.6 Å². The van der Waals surface area contributed by atoms with Gasteiger partial charge in [0, 0.05) is 53.3 Å². The third-order valence-corrected chi connectivity index (χ3v) is 9.64. The fourth-order valence-corrected chi connectivity index (χ4v) is 7.63. The molecule has 0 spiro atoms. The van der Waals surface area contributed by atoms with Crippen molar-refractivity contribution in [3.05, 3.63) is 152 Å². The predicted molar refractivity (Wildman–Crippen MR) is 186 cm³/mol. The molecule has 0 aliphatic carbocycles. The summed E-state index contributed by atoms with van der Waals surface area (Å²) in [5.41, 5.74) is 8.48. The van der Waals surface area contributed by atoms with Crippen molar-refractivity contribution in [1.82, 2.24) is 14.5 Å². The molecule has 206 valence electrons. The van der Waals surface area contributed by atoms with E-state index in [1.807, 2.05) is 29.5 Å². The third kappa shape index (κ3) is 3.96. The van der Waals surface area contributed by atoms with Gasteiger partial charge in [-0.3, -0.25) is 0 Å². The molecular weight excluding hydrogens is 555 g/mol. The van der Waals surface area contributed by atoms with E-state index in [4.69, 9.17) is 9.97 Å². The minimum atomic E-state index is 0.721. The highest BCUT2D eigenvalue weighted by atomic mass is 32.1. The van der Waals surface area contributed by atoms with Gasteiger partial charge in [-0.05, 0) is 36.4 Å². The molecule has 6 aromatic carbocycles. The molecule has 0 radical (unpaired) electrons. The molecule has 0 fully saturated rings. The quantitative estimate of drug-likeness (QED) is 0.208. The molecule has 44 heavy (non-hydrogen) atoms. The maximum Gasteiger partial charge on any atom is 0.160 e. The summed E-state index contributed by atoms with van der Waals surface area (Å²) >= 11 is 1.83. The fourth-order valence-electron chi connectivity index (χ4n) is 6.40. The van der Waals surface area contributed by atoms with Crippen molar-refractivity contribution >= 4 is 53.3 Å². The van der Waals surface area contributed by atoms with Crippen LogP contribution in [0.5, 0.6) is 0 Å². The summed E-state index contributed by atoms with van der Waals surface area (Å²) in [7, 11) is 0. The van der Waals surface area contributed by atoms with Crippen LogP contribution in [0.4, 0.5) is 0 Å². The van der Waals surface area contributed by atoms with Gasteiger partial charge < -0.3 is 4.57 Å². The van der Waals surface area contributed by atoms with Crippen LogP contribution in [0.3, 0.4) is 0 Å². The molecule has 0 aliphatic rings. The number of thiophene rings is 1. The molecule has 3 nitrogen and oxygen atoms in total. The summed E-state index contributed by atoms with van der Waals surface area (Å²) in [6, 6.07) is 53.6. The number of benzene rings is 6. The van der Waals surface area contributed by atoms with Gasteiger partial charge >= 0.3 is 0 Å². The van der Waals surface area contributed by atoms with Gasteiger partial charge in [-0.15, -0.1) is 11.3 Å². The van der Waals surface area contributed by atoms with Gasteiger partial charge in [0.1, 0.15) is 0 Å². The van der Waals surface area contributed by atoms with Crippen LogP contribution in [0.1, 0.15) is 0 Å². The second-order valence-corrected chi connectivity index (χ2v) is 12.1. The lowest BCUT2D eigenvalue weighted by atomic mass is 10.0. The first kappa shape index (κ1) is 25.0. The topological polar surface area (TPSA) is 30.7 Å². The lowest BCUT2D eigenvalue weighted by Gasteiger charge is -2.12. The van der Waals surface area contributed by atoms with Crippen molar-refractivity contribution in [2.45, 2.75) is 0 Å². The Bertz CT molecular complexity index is 2450. The normalized spacial score (nSPS) is 11.6. The molecule has 9 rings (SSSR count). The Morgan fingerprint density at radius 2 is 1.07 bits per heavy atom. The third-order valence-electron chi connectivity index (χ3n) is 8.42. The van der Waals surface area contributed by atoms with E-state index in [1.165, 1.54) is 42.0 Å². The van der Waals surface area contributed by atoms with Gasteiger partial charge in [-0.1, -0.05) is 115 Å². The monoisotopic (exact) mass is 579 g/mol. The van der Waals surface area contributed by atoms with Crippen LogP contribution >= 0.6 is 11.3 Å². The fraction of sp³-hybridized carbons (Fsp3) is 0. The second kappa shape index (κ2) is 10.0. The minimum Gasteiger partial charge on any atom is -0.309 e. The van der Waals surface area contributed by atoms with Crippen molar-refractivity contribution in [1.29, 1.82) is 0 Å². The highest BCUT2D eigenvalue weighted by Crippen LogP contribution is 2.40. The smallest absolute Gasteiger partial charge is 0.160 e. The zero-order valence-corrected chi connectivity index (χ0v) is 24.5. The van der Waals surface area contributed by atoms with Gasteiger partial charge in [-0.2, -0.15) is 0 Å². The Kier molecular flexibility index (Phi) is 5.68. The maximum atomic E-state index is 5.16. The summed E-state index contributed by atoms with van der Waals surface area (Å²) in [5.74, 6) is 0.721. The lowest BCUT2D eigenvalue weighted by Crippen LogP contribution is -1.98. The van der Waals surface area contributed by atoms with Crippen LogP contribution in [0.2, 0.25) is 0 Å². The van der Waals surface area contributed by atoms with E-state index < -0.39 is 0 Å². The van der Waals surface area contributed by atoms with Gasteiger partial charge in [-0.25, -0.2) is 9.97 Å². The Balaban J connectivity index is 1.27. The number of para-hydroxylation sites is 2. The molecule has 0 N–H and O–H groups in total. The Hall–Kier alpha value is -5.58. The zero-order chi connectivity index (χ0) is 29.0. The molecule has 0 bridgehead atoms. The van der Waals surface area contributed by atoms with Crippen molar-refractivity contribution in [2.24, 2.45) is 0 Å². The summed E-state index contributed by atoms with van der Waals surface area (Å²) < 4.78 is 4.88. The summed E-state index contributed by atoms with van der Waals surface area (Å²) in [6.45, 7) is 0. The molecule has 9 aromatic rings. The summed E-state index contributed by atoms with van der Waals surface area (Å²) in [5, 5.41) is 5.05. The molecule has 0 unspecified atom stereocenters. The highest BCUT2D eigenvalue weighted by Gasteiger charge is 2.16. The number of fused-ring (bicyclic) bond motifs is 6. The van der Waals surface area contributed by atoms with E-state index in [0.717, 1.165) is 39.6 Å². The first-order valence-electron chi connectivity index (χ1n) is 14.8. The van der Waals surface area contributed by atoms with Gasteiger partial charge in [0.2, 0.25) is 0 Å². The van der Waals surface area contributed by atoms with Crippen LogP contribution in [0.15, 0.2) is 152 Å². The van der Waals surface area contributed by atoms with Crippen LogP contribution < -0.4 is 0 Å². The number of hydrogen-bond donors (Lipinski definition) is 0. The van der Waals surface area contributed by atoms with Gasteiger partial charge in [0.15, 0.2) is 5.82 Å². The van der Waals surface area contributed by atoms with Crippen molar-refractivity contribution < 1.29 is 0 Å². The Morgan fingerprint density at radius 3 is 1.86 bits per heavy atom. The van der Waals surface area contributed by atoms with E-state index in [0.29, 0.717) is 0 Å². The summed E-state index contributed by atoms with van der Waals surface area (Å²) in [6.07, 6.45) is 0. The lowest BCUT2D eigenvalue weighted by molar-refractivity contribution is 1.17. The minimum absolute atomic E-state index is 0.721. The molecule has 0 atom stereocenters. The molecule has 0 saturated carbocycles. The van der Waals surface area contributed by atoms with E-state index in [-0.39, 0.29) is 0 Å². The van der Waals surface area contributed by atoms with Crippen LogP contribution in [-0.2, 0) is 0 Å². The van der Waals surface area contributed by atoms with E-state index in [2.05, 4.69) is 138 Å². The van der Waals surface area contributed by atoms with Crippen molar-refractivity contribution in [2.75, 3.05) is 0 Å². The largest absolute Gasteiger partial charge is 0.309 e. The molecular formula is C40H25N3S. The SMILES string of the molecule is c1ccc(-c2nc(-c3cccc(-n4c5ccccc5c5ccccc54)c3)cc(-c3cccc4c3sc3ccccc34)n2)cc1. The molecule has 3 aromatic heterocycles. The first-order valence-corrected chi connectivity index (χ1v) is 15.6. The molecule has 0 aliphatic heterocycles. The average molecular weight is 580 g/mol. The summed E-state index contributed by atoms with van der Waals surface area (Å²) in [4.78, 5) is 10.3.